The molecule has 8 nitrogen and oxygen atoms in total. The SMILES string of the molecule is CC(C)C1(N)CCN(c2cnc3c(-c4ccnc(N)c4Cl)[nH]nc3n2)CC1. The second kappa shape index (κ2) is 6.61. The van der Waals surface area contributed by atoms with Crippen LogP contribution in [-0.2, 0) is 0 Å². The Hall–Kier alpha value is -2.45. The van der Waals surface area contributed by atoms with Crippen molar-refractivity contribution >= 4 is 34.4 Å². The van der Waals surface area contributed by atoms with Gasteiger partial charge in [-0.05, 0) is 24.8 Å². The number of fused-ring (bicyclic) bond motifs is 1. The monoisotopic (exact) mass is 386 g/mol. The first-order valence-electron chi connectivity index (χ1n) is 9.04. The molecule has 0 spiro atoms. The van der Waals surface area contributed by atoms with Gasteiger partial charge in [-0.25, -0.2) is 15.0 Å². The first kappa shape index (κ1) is 17.9. The van der Waals surface area contributed by atoms with E-state index in [2.05, 4.69) is 43.9 Å². The molecule has 5 N–H and O–H groups in total. The average molecular weight is 387 g/mol. The van der Waals surface area contributed by atoms with Crippen molar-refractivity contribution in [1.82, 2.24) is 25.1 Å². The number of aromatic nitrogens is 5. The maximum atomic E-state index is 6.52. The van der Waals surface area contributed by atoms with Gasteiger partial charge >= 0.3 is 0 Å². The van der Waals surface area contributed by atoms with E-state index in [1.54, 1.807) is 18.5 Å². The Balaban J connectivity index is 1.63. The van der Waals surface area contributed by atoms with Crippen LogP contribution in [0.3, 0.4) is 0 Å². The van der Waals surface area contributed by atoms with Crippen molar-refractivity contribution in [1.29, 1.82) is 0 Å². The summed E-state index contributed by atoms with van der Waals surface area (Å²) in [6.07, 6.45) is 5.25. The van der Waals surface area contributed by atoms with Gasteiger partial charge in [0.1, 0.15) is 17.2 Å². The van der Waals surface area contributed by atoms with Crippen LogP contribution in [0, 0.1) is 5.92 Å². The van der Waals surface area contributed by atoms with Crippen molar-refractivity contribution in [3.8, 4) is 11.3 Å². The number of pyridine rings is 1. The zero-order valence-corrected chi connectivity index (χ0v) is 16.2. The zero-order valence-electron chi connectivity index (χ0n) is 15.4. The molecule has 4 heterocycles. The molecule has 1 aliphatic rings. The smallest absolute Gasteiger partial charge is 0.202 e. The first-order valence-corrected chi connectivity index (χ1v) is 9.42. The Labute approximate surface area is 162 Å². The molecular formula is C18H23ClN8. The average Bonchev–Trinajstić information content (AvgIpc) is 3.07. The summed E-state index contributed by atoms with van der Waals surface area (Å²) in [5, 5.41) is 7.66. The van der Waals surface area contributed by atoms with Gasteiger partial charge in [0, 0.05) is 30.4 Å². The molecule has 27 heavy (non-hydrogen) atoms. The van der Waals surface area contributed by atoms with Crippen LogP contribution in [0.2, 0.25) is 5.02 Å². The van der Waals surface area contributed by atoms with E-state index in [0.29, 0.717) is 33.4 Å². The Morgan fingerprint density at radius 3 is 2.70 bits per heavy atom. The lowest BCUT2D eigenvalue weighted by atomic mass is 9.79. The van der Waals surface area contributed by atoms with E-state index in [-0.39, 0.29) is 11.4 Å². The van der Waals surface area contributed by atoms with Crippen molar-refractivity contribution in [2.24, 2.45) is 11.7 Å². The highest BCUT2D eigenvalue weighted by Crippen LogP contribution is 2.34. The highest BCUT2D eigenvalue weighted by atomic mass is 35.5. The number of rotatable bonds is 3. The molecule has 1 aliphatic heterocycles. The van der Waals surface area contributed by atoms with Crippen LogP contribution in [0.15, 0.2) is 18.5 Å². The van der Waals surface area contributed by atoms with Crippen molar-refractivity contribution in [2.45, 2.75) is 32.2 Å². The Morgan fingerprint density at radius 1 is 1.26 bits per heavy atom. The topological polar surface area (TPSA) is 123 Å². The number of aromatic amines is 1. The normalized spacial score (nSPS) is 17.0. The van der Waals surface area contributed by atoms with Crippen LogP contribution >= 0.6 is 11.6 Å². The van der Waals surface area contributed by atoms with E-state index < -0.39 is 0 Å². The number of nitrogens with zero attached hydrogens (tertiary/aromatic N) is 5. The third-order valence-corrected chi connectivity index (χ3v) is 6.00. The molecule has 1 saturated heterocycles. The second-order valence-electron chi connectivity index (χ2n) is 7.43. The molecule has 0 unspecified atom stereocenters. The predicted molar refractivity (Wildman–Crippen MR) is 108 cm³/mol. The molecule has 0 aromatic carbocycles. The van der Waals surface area contributed by atoms with Crippen LogP contribution in [0.1, 0.15) is 26.7 Å². The fraction of sp³-hybridized carbons (Fsp3) is 0.444. The number of nitrogens with one attached hydrogen (secondary N) is 1. The van der Waals surface area contributed by atoms with Crippen LogP contribution < -0.4 is 16.4 Å². The number of piperidine rings is 1. The number of H-pyrrole nitrogens is 1. The van der Waals surface area contributed by atoms with Crippen molar-refractivity contribution < 1.29 is 0 Å². The molecule has 0 radical (unpaired) electrons. The maximum absolute atomic E-state index is 6.52. The minimum absolute atomic E-state index is 0.106. The molecular weight excluding hydrogens is 364 g/mol. The molecule has 3 aromatic rings. The van der Waals surface area contributed by atoms with E-state index in [1.807, 2.05) is 0 Å². The van der Waals surface area contributed by atoms with Crippen molar-refractivity contribution in [2.75, 3.05) is 23.7 Å². The molecule has 4 rings (SSSR count). The molecule has 142 valence electrons. The molecule has 0 amide bonds. The van der Waals surface area contributed by atoms with E-state index in [4.69, 9.17) is 23.1 Å². The van der Waals surface area contributed by atoms with Crippen molar-refractivity contribution in [3.05, 3.63) is 23.5 Å². The highest BCUT2D eigenvalue weighted by molar-refractivity contribution is 6.35. The second-order valence-corrected chi connectivity index (χ2v) is 7.81. The highest BCUT2D eigenvalue weighted by Gasteiger charge is 2.34. The number of hydrogen-bond acceptors (Lipinski definition) is 7. The summed E-state index contributed by atoms with van der Waals surface area (Å²) in [4.78, 5) is 15.5. The van der Waals surface area contributed by atoms with E-state index in [0.717, 1.165) is 31.7 Å². The number of nitrogen functional groups attached to an aromatic ring is 1. The minimum Gasteiger partial charge on any atom is -0.382 e. The summed E-state index contributed by atoms with van der Waals surface area (Å²) in [6, 6.07) is 1.78. The molecule has 0 bridgehead atoms. The first-order chi connectivity index (χ1) is 12.9. The number of anilines is 2. The maximum Gasteiger partial charge on any atom is 0.202 e. The summed E-state index contributed by atoms with van der Waals surface area (Å²) in [7, 11) is 0. The van der Waals surface area contributed by atoms with Crippen LogP contribution in [0.5, 0.6) is 0 Å². The molecule has 0 atom stereocenters. The third-order valence-electron chi connectivity index (χ3n) is 5.61. The fourth-order valence-corrected chi connectivity index (χ4v) is 3.72. The Kier molecular flexibility index (Phi) is 4.39. The van der Waals surface area contributed by atoms with Gasteiger partial charge in [0.2, 0.25) is 5.65 Å². The predicted octanol–water partition coefficient (Wildman–Crippen LogP) is 2.60. The van der Waals surface area contributed by atoms with E-state index >= 15 is 0 Å². The largest absolute Gasteiger partial charge is 0.382 e. The van der Waals surface area contributed by atoms with Gasteiger partial charge in [0.15, 0.2) is 0 Å². The lowest BCUT2D eigenvalue weighted by molar-refractivity contribution is 0.248. The van der Waals surface area contributed by atoms with Crippen LogP contribution in [-0.4, -0.2) is 43.8 Å². The van der Waals surface area contributed by atoms with E-state index in [9.17, 15) is 0 Å². The summed E-state index contributed by atoms with van der Waals surface area (Å²) in [5.74, 6) is 1.54. The van der Waals surface area contributed by atoms with Gasteiger partial charge in [-0.1, -0.05) is 25.4 Å². The molecule has 0 aliphatic carbocycles. The molecule has 0 saturated carbocycles. The van der Waals surface area contributed by atoms with Gasteiger partial charge in [0.05, 0.1) is 16.9 Å². The van der Waals surface area contributed by atoms with Gasteiger partial charge in [0.25, 0.3) is 0 Å². The molecule has 9 heteroatoms. The van der Waals surface area contributed by atoms with Gasteiger partial charge in [-0.3, -0.25) is 5.10 Å². The fourth-order valence-electron chi connectivity index (χ4n) is 3.51. The van der Waals surface area contributed by atoms with Gasteiger partial charge in [-0.15, -0.1) is 0 Å². The van der Waals surface area contributed by atoms with Crippen molar-refractivity contribution in [3.63, 3.8) is 0 Å². The quantitative estimate of drug-likeness (QED) is 0.632. The van der Waals surface area contributed by atoms with E-state index in [1.165, 1.54) is 0 Å². The van der Waals surface area contributed by atoms with Gasteiger partial charge in [-0.2, -0.15) is 5.10 Å². The Bertz CT molecular complexity index is 975. The summed E-state index contributed by atoms with van der Waals surface area (Å²) in [6.45, 7) is 6.09. The summed E-state index contributed by atoms with van der Waals surface area (Å²) in [5.41, 5.74) is 14.8. The lowest BCUT2D eigenvalue weighted by Crippen LogP contribution is -2.53. The number of hydrogen-bond donors (Lipinski definition) is 3. The van der Waals surface area contributed by atoms with Crippen LogP contribution in [0.25, 0.3) is 22.4 Å². The number of halogens is 1. The minimum atomic E-state index is -0.106. The third kappa shape index (κ3) is 3.08. The Morgan fingerprint density at radius 2 is 2.00 bits per heavy atom. The summed E-state index contributed by atoms with van der Waals surface area (Å²) < 4.78 is 0. The van der Waals surface area contributed by atoms with Crippen LogP contribution in [0.4, 0.5) is 11.6 Å². The number of nitrogens with two attached hydrogens (primary N) is 2. The molecule has 1 fully saturated rings. The zero-order chi connectivity index (χ0) is 19.2. The summed E-state index contributed by atoms with van der Waals surface area (Å²) >= 11 is 6.29. The molecule has 3 aromatic heterocycles. The standard InChI is InChI=1S/C18H23ClN8/c1-10(2)18(21)4-7-27(8-5-18)12-9-23-15-14(25-26-17(15)24-12)11-3-6-22-16(20)13(11)19/h3,6,9-10H,4-5,7-8,21H2,1-2H3,(H2,20,22)(H,24,25,26). The lowest BCUT2D eigenvalue weighted by Gasteiger charge is -2.42. The van der Waals surface area contributed by atoms with Gasteiger partial charge < -0.3 is 16.4 Å².